The Morgan fingerprint density at radius 2 is 1.90 bits per heavy atom. The molecule has 0 spiro atoms. The van der Waals surface area contributed by atoms with Gasteiger partial charge in [0.05, 0.1) is 12.2 Å². The topological polar surface area (TPSA) is 72.7 Å². The van der Waals surface area contributed by atoms with Crippen LogP contribution in [0.1, 0.15) is 19.8 Å². The van der Waals surface area contributed by atoms with E-state index in [-0.39, 0.29) is 12.6 Å². The molecule has 0 aliphatic rings. The summed E-state index contributed by atoms with van der Waals surface area (Å²) in [4.78, 5) is 0. The average Bonchev–Trinajstić information content (AvgIpc) is 1.85. The second-order valence-electron chi connectivity index (χ2n) is 2.44. The van der Waals surface area contributed by atoms with Gasteiger partial charge >= 0.3 is 0 Å². The summed E-state index contributed by atoms with van der Waals surface area (Å²) in [5, 5.41) is 25.9. The Bertz CT molecular complexity index is 77.4. The maximum atomic E-state index is 8.96. The highest BCUT2D eigenvalue weighted by atomic mass is 16.5. The van der Waals surface area contributed by atoms with Crippen LogP contribution in [0, 0.1) is 0 Å². The number of rotatable bonds is 5. The molecule has 2 unspecified atom stereocenters. The van der Waals surface area contributed by atoms with Crippen molar-refractivity contribution in [2.24, 2.45) is 0 Å². The average molecular weight is 149 g/mol. The molecular weight excluding hydrogens is 134 g/mol. The highest BCUT2D eigenvalue weighted by molar-refractivity contribution is 4.58. The van der Waals surface area contributed by atoms with E-state index >= 15 is 0 Å². The van der Waals surface area contributed by atoms with Gasteiger partial charge in [-0.1, -0.05) is 0 Å². The van der Waals surface area contributed by atoms with Gasteiger partial charge in [-0.2, -0.15) is 0 Å². The minimum atomic E-state index is -0.570. The highest BCUT2D eigenvalue weighted by Gasteiger charge is 2.04. The number of aliphatic hydroxyl groups is 2. The zero-order chi connectivity index (χ0) is 7.98. The van der Waals surface area contributed by atoms with E-state index in [2.05, 4.69) is 0 Å². The molecule has 2 atom stereocenters. The Morgan fingerprint density at radius 3 is 2.30 bits per heavy atom. The largest absolute Gasteiger partial charge is 0.393 e. The van der Waals surface area contributed by atoms with E-state index in [1.54, 1.807) is 6.92 Å². The summed E-state index contributed by atoms with van der Waals surface area (Å²) in [5.74, 6) is 0. The van der Waals surface area contributed by atoms with E-state index in [9.17, 15) is 0 Å². The second-order valence-corrected chi connectivity index (χ2v) is 2.44. The van der Waals surface area contributed by atoms with Gasteiger partial charge in [0.1, 0.15) is 0 Å². The van der Waals surface area contributed by atoms with Crippen LogP contribution in [0.5, 0.6) is 0 Å². The molecule has 0 rings (SSSR count). The first-order valence-corrected chi connectivity index (χ1v) is 3.40. The molecule has 0 radical (unpaired) electrons. The van der Waals surface area contributed by atoms with Crippen LogP contribution >= 0.6 is 0 Å². The third kappa shape index (κ3) is 5.97. The Labute approximate surface area is 60.5 Å². The summed E-state index contributed by atoms with van der Waals surface area (Å²) in [6.45, 7) is 1.83. The Hall–Kier alpha value is -0.160. The fraction of sp³-hybridized carbons (Fsp3) is 1.00. The minimum Gasteiger partial charge on any atom is -0.393 e. The molecule has 10 heavy (non-hydrogen) atoms. The SMILES string of the molecule is CC(O)CCC(O)CNO. The van der Waals surface area contributed by atoms with Crippen molar-refractivity contribution in [2.75, 3.05) is 6.54 Å². The first-order chi connectivity index (χ1) is 4.66. The second kappa shape index (κ2) is 5.61. The Balaban J connectivity index is 3.12. The zero-order valence-corrected chi connectivity index (χ0v) is 6.12. The van der Waals surface area contributed by atoms with Crippen molar-refractivity contribution in [3.8, 4) is 0 Å². The van der Waals surface area contributed by atoms with Gasteiger partial charge in [0.15, 0.2) is 0 Å². The fourth-order valence-electron chi connectivity index (χ4n) is 0.641. The molecule has 0 amide bonds. The first kappa shape index (κ1) is 9.84. The molecule has 0 aliphatic carbocycles. The van der Waals surface area contributed by atoms with Crippen LogP contribution in [0.2, 0.25) is 0 Å². The van der Waals surface area contributed by atoms with Crippen LogP contribution in [-0.4, -0.2) is 34.2 Å². The quantitative estimate of drug-likeness (QED) is 0.397. The van der Waals surface area contributed by atoms with Gasteiger partial charge in [0.25, 0.3) is 0 Å². The van der Waals surface area contributed by atoms with Gasteiger partial charge in [-0.3, -0.25) is 0 Å². The first-order valence-electron chi connectivity index (χ1n) is 3.40. The lowest BCUT2D eigenvalue weighted by molar-refractivity contribution is 0.0746. The van der Waals surface area contributed by atoms with Gasteiger partial charge in [-0.25, -0.2) is 5.48 Å². The zero-order valence-electron chi connectivity index (χ0n) is 6.12. The van der Waals surface area contributed by atoms with E-state index < -0.39 is 6.10 Å². The summed E-state index contributed by atoms with van der Waals surface area (Å²) in [6.07, 6.45) is 0.113. The van der Waals surface area contributed by atoms with Crippen LogP contribution in [0.15, 0.2) is 0 Å². The Morgan fingerprint density at radius 1 is 1.30 bits per heavy atom. The molecule has 4 N–H and O–H groups in total. The van der Waals surface area contributed by atoms with Crippen molar-refractivity contribution < 1.29 is 15.4 Å². The molecule has 0 bridgehead atoms. The monoisotopic (exact) mass is 149 g/mol. The summed E-state index contributed by atoms with van der Waals surface area (Å²) >= 11 is 0. The van der Waals surface area contributed by atoms with Crippen molar-refractivity contribution in [3.63, 3.8) is 0 Å². The van der Waals surface area contributed by atoms with Crippen molar-refractivity contribution in [1.82, 2.24) is 5.48 Å². The fourth-order valence-corrected chi connectivity index (χ4v) is 0.641. The summed E-state index contributed by atoms with van der Waals surface area (Å²) in [6, 6.07) is 0. The smallest absolute Gasteiger partial charge is 0.0688 e. The summed E-state index contributed by atoms with van der Waals surface area (Å²) in [5.41, 5.74) is 1.86. The van der Waals surface area contributed by atoms with Crippen LogP contribution in [0.25, 0.3) is 0 Å². The predicted octanol–water partition coefficient (Wildman–Crippen LogP) is -0.513. The van der Waals surface area contributed by atoms with Gasteiger partial charge in [-0.05, 0) is 19.8 Å². The van der Waals surface area contributed by atoms with Crippen molar-refractivity contribution in [1.29, 1.82) is 0 Å². The minimum absolute atomic E-state index is 0.159. The van der Waals surface area contributed by atoms with Crippen molar-refractivity contribution in [2.45, 2.75) is 32.0 Å². The van der Waals surface area contributed by atoms with Crippen LogP contribution < -0.4 is 5.48 Å². The summed E-state index contributed by atoms with van der Waals surface area (Å²) in [7, 11) is 0. The third-order valence-corrected chi connectivity index (χ3v) is 1.24. The number of nitrogens with one attached hydrogen (secondary N) is 1. The molecule has 4 heteroatoms. The van der Waals surface area contributed by atoms with E-state index in [0.29, 0.717) is 12.8 Å². The molecule has 62 valence electrons. The lowest BCUT2D eigenvalue weighted by atomic mass is 10.1. The van der Waals surface area contributed by atoms with E-state index in [0.717, 1.165) is 0 Å². The molecule has 0 aliphatic heterocycles. The normalized spacial score (nSPS) is 16.8. The van der Waals surface area contributed by atoms with E-state index in [1.807, 2.05) is 5.48 Å². The molecule has 0 aromatic heterocycles. The van der Waals surface area contributed by atoms with Gasteiger partial charge in [0.2, 0.25) is 0 Å². The number of hydroxylamine groups is 1. The maximum Gasteiger partial charge on any atom is 0.0688 e. The van der Waals surface area contributed by atoms with Crippen molar-refractivity contribution in [3.05, 3.63) is 0 Å². The molecule has 0 fully saturated rings. The summed E-state index contributed by atoms with van der Waals surface area (Å²) < 4.78 is 0. The van der Waals surface area contributed by atoms with Gasteiger partial charge in [-0.15, -0.1) is 0 Å². The lowest BCUT2D eigenvalue weighted by Crippen LogP contribution is -2.24. The van der Waals surface area contributed by atoms with Crippen LogP contribution in [-0.2, 0) is 0 Å². The number of hydrogen-bond acceptors (Lipinski definition) is 4. The molecule has 0 saturated carbocycles. The van der Waals surface area contributed by atoms with Crippen LogP contribution in [0.4, 0.5) is 0 Å². The molecular formula is C6H15NO3. The maximum absolute atomic E-state index is 8.96. The van der Waals surface area contributed by atoms with Gasteiger partial charge < -0.3 is 15.4 Å². The molecule has 0 saturated heterocycles. The number of aliphatic hydroxyl groups excluding tert-OH is 2. The predicted molar refractivity (Wildman–Crippen MR) is 36.7 cm³/mol. The third-order valence-electron chi connectivity index (χ3n) is 1.24. The highest BCUT2D eigenvalue weighted by Crippen LogP contribution is 1.99. The number of hydrogen-bond donors (Lipinski definition) is 4. The molecule has 4 nitrogen and oxygen atoms in total. The standard InChI is InChI=1S/C6H15NO3/c1-5(8)2-3-6(9)4-7-10/h5-10H,2-4H2,1H3. The molecule has 0 aromatic carbocycles. The van der Waals surface area contributed by atoms with E-state index in [1.165, 1.54) is 0 Å². The molecule has 0 heterocycles. The lowest BCUT2D eigenvalue weighted by Gasteiger charge is -2.09. The van der Waals surface area contributed by atoms with E-state index in [4.69, 9.17) is 15.4 Å². The molecule has 0 aromatic rings. The Kier molecular flexibility index (Phi) is 5.52. The van der Waals surface area contributed by atoms with Gasteiger partial charge in [0, 0.05) is 6.54 Å². The van der Waals surface area contributed by atoms with Crippen LogP contribution in [0.3, 0.4) is 0 Å². The van der Waals surface area contributed by atoms with Crippen molar-refractivity contribution >= 4 is 0 Å².